The second kappa shape index (κ2) is 24.3. The molecule has 0 atom stereocenters. The zero-order valence-corrected chi connectivity index (χ0v) is 42.6. The van der Waals surface area contributed by atoms with Crippen molar-refractivity contribution in [3.8, 4) is 11.1 Å². The lowest BCUT2D eigenvalue weighted by atomic mass is 9.81. The molecule has 3 nitrogen and oxygen atoms in total. The Balaban J connectivity index is 1.19. The molecule has 0 saturated carbocycles. The summed E-state index contributed by atoms with van der Waals surface area (Å²) in [4.78, 5) is 17.9. The molecular formula is C69H66N2O. The van der Waals surface area contributed by atoms with Crippen molar-refractivity contribution in [2.24, 2.45) is 0 Å². The van der Waals surface area contributed by atoms with Gasteiger partial charge in [-0.05, 0) is 131 Å². The average Bonchev–Trinajstić information content (AvgIpc) is 3.59. The highest BCUT2D eigenvalue weighted by Gasteiger charge is 2.38. The standard InChI is InChI=1S/C69H66N2O/c1-10-25-59(40-37-54-35-38-58(39-36-54)64(26-11-2)68(72)49-55-29-20-16-21-30-55)67(14-5)70(47-12-3)51(6)48-65-52(7)63-46-45-62(50-66(63)69(65,8)9)71(60(13-4)34-24-31-53-27-18-15-19-28-53)61-43-41-57(42-44-61)56-32-22-17-23-33-56/h10-30,32-48,50H,2,5-7,31,49H2,1,3-4,8-9H3/b25-10?,34-24?,40-37+,47-12?,60-13?,64-26-,65-48?,67-59?. The molecule has 1 aliphatic carbocycles. The molecule has 1 aliphatic rings. The summed E-state index contributed by atoms with van der Waals surface area (Å²) in [5.74, 6) is 0.0461. The number of carbonyl (C=O) groups is 1. The normalized spacial score (nSPS) is 14.6. The molecule has 0 aliphatic heterocycles. The number of benzene rings is 6. The second-order valence-electron chi connectivity index (χ2n) is 18.2. The number of ketones is 1. The molecule has 0 bridgehead atoms. The fraction of sp³-hybridized carbons (Fsp3) is 0.116. The lowest BCUT2D eigenvalue weighted by molar-refractivity contribution is -0.113. The highest BCUT2D eigenvalue weighted by atomic mass is 16.1. The van der Waals surface area contributed by atoms with Gasteiger partial charge in [-0.2, -0.15) is 0 Å². The first kappa shape index (κ1) is 51.3. The van der Waals surface area contributed by atoms with Crippen molar-refractivity contribution in [1.29, 1.82) is 0 Å². The summed E-state index contributed by atoms with van der Waals surface area (Å²) in [6.45, 7) is 28.2. The maximum absolute atomic E-state index is 13.4. The van der Waals surface area contributed by atoms with Gasteiger partial charge in [0.1, 0.15) is 0 Å². The van der Waals surface area contributed by atoms with Gasteiger partial charge in [-0.1, -0.05) is 228 Å². The van der Waals surface area contributed by atoms with Crippen molar-refractivity contribution in [2.75, 3.05) is 4.90 Å². The number of anilines is 2. The zero-order valence-electron chi connectivity index (χ0n) is 42.6. The molecule has 6 aromatic rings. The van der Waals surface area contributed by atoms with E-state index in [1.165, 1.54) is 22.3 Å². The molecule has 72 heavy (non-hydrogen) atoms. The van der Waals surface area contributed by atoms with E-state index in [0.717, 1.165) is 73.9 Å². The Hall–Kier alpha value is -8.53. The summed E-state index contributed by atoms with van der Waals surface area (Å²) in [5, 5.41) is 0. The molecule has 0 fully saturated rings. The van der Waals surface area contributed by atoms with Gasteiger partial charge < -0.3 is 9.80 Å². The maximum atomic E-state index is 13.4. The molecule has 7 rings (SSSR count). The Morgan fingerprint density at radius 1 is 0.681 bits per heavy atom. The highest BCUT2D eigenvalue weighted by molar-refractivity contribution is 6.21. The van der Waals surface area contributed by atoms with Gasteiger partial charge in [0.15, 0.2) is 5.78 Å². The topological polar surface area (TPSA) is 23.6 Å². The van der Waals surface area contributed by atoms with Crippen LogP contribution in [0, 0.1) is 0 Å². The van der Waals surface area contributed by atoms with E-state index in [9.17, 15) is 4.79 Å². The van der Waals surface area contributed by atoms with Gasteiger partial charge in [0, 0.05) is 46.4 Å². The summed E-state index contributed by atoms with van der Waals surface area (Å²) < 4.78 is 0. The van der Waals surface area contributed by atoms with Gasteiger partial charge in [-0.3, -0.25) is 4.79 Å². The van der Waals surface area contributed by atoms with Crippen LogP contribution in [0.3, 0.4) is 0 Å². The number of allylic oxidation sites excluding steroid dienone is 15. The molecular weight excluding hydrogens is 873 g/mol. The summed E-state index contributed by atoms with van der Waals surface area (Å²) in [6, 6.07) is 54.6. The van der Waals surface area contributed by atoms with Crippen LogP contribution in [0.5, 0.6) is 0 Å². The predicted molar refractivity (Wildman–Crippen MR) is 310 cm³/mol. The zero-order chi connectivity index (χ0) is 51.0. The van der Waals surface area contributed by atoms with E-state index < -0.39 is 5.41 Å². The van der Waals surface area contributed by atoms with E-state index in [-0.39, 0.29) is 5.78 Å². The van der Waals surface area contributed by atoms with E-state index in [4.69, 9.17) is 6.58 Å². The van der Waals surface area contributed by atoms with Crippen molar-refractivity contribution in [3.63, 3.8) is 0 Å². The summed E-state index contributed by atoms with van der Waals surface area (Å²) in [6.07, 6.45) is 27.7. The minimum atomic E-state index is -0.405. The molecule has 358 valence electrons. The van der Waals surface area contributed by atoms with Crippen molar-refractivity contribution >= 4 is 34.4 Å². The van der Waals surface area contributed by atoms with Crippen LogP contribution >= 0.6 is 0 Å². The van der Waals surface area contributed by atoms with Crippen LogP contribution in [0.25, 0.3) is 28.3 Å². The van der Waals surface area contributed by atoms with Crippen LogP contribution in [0.1, 0.15) is 68.0 Å². The van der Waals surface area contributed by atoms with E-state index >= 15 is 0 Å². The smallest absolute Gasteiger partial charge is 0.167 e. The van der Waals surface area contributed by atoms with Crippen LogP contribution in [0.2, 0.25) is 0 Å². The third kappa shape index (κ3) is 12.1. The molecule has 0 radical (unpaired) electrons. The van der Waals surface area contributed by atoms with Gasteiger partial charge in [-0.25, -0.2) is 0 Å². The predicted octanol–water partition coefficient (Wildman–Crippen LogP) is 17.9. The van der Waals surface area contributed by atoms with E-state index in [2.05, 4.69) is 196 Å². The first-order chi connectivity index (χ1) is 35.0. The molecule has 0 aromatic heterocycles. The monoisotopic (exact) mass is 939 g/mol. The van der Waals surface area contributed by atoms with Crippen LogP contribution in [0.4, 0.5) is 11.4 Å². The Labute approximate surface area is 429 Å². The van der Waals surface area contributed by atoms with E-state index in [1.54, 1.807) is 12.2 Å². The van der Waals surface area contributed by atoms with Crippen molar-refractivity contribution in [2.45, 2.75) is 52.9 Å². The lowest BCUT2D eigenvalue weighted by Crippen LogP contribution is -2.20. The fourth-order valence-corrected chi connectivity index (χ4v) is 9.28. The van der Waals surface area contributed by atoms with Crippen LogP contribution in [-0.2, 0) is 23.1 Å². The molecule has 3 heteroatoms. The van der Waals surface area contributed by atoms with Crippen LogP contribution in [0.15, 0.2) is 285 Å². The quantitative estimate of drug-likeness (QED) is 0.0563. The average molecular weight is 939 g/mol. The number of carbonyl (C=O) groups excluding carboxylic acids is 1. The van der Waals surface area contributed by atoms with Gasteiger partial charge >= 0.3 is 0 Å². The largest absolute Gasteiger partial charge is 0.318 e. The molecule has 0 heterocycles. The Morgan fingerprint density at radius 2 is 1.31 bits per heavy atom. The number of Topliss-reactive ketones (excluding diaryl/α,β-unsaturated/α-hetero) is 1. The van der Waals surface area contributed by atoms with Gasteiger partial charge in [0.25, 0.3) is 0 Å². The first-order valence-electron chi connectivity index (χ1n) is 24.7. The Bertz CT molecular complexity index is 3170. The van der Waals surface area contributed by atoms with Crippen molar-refractivity contribution < 1.29 is 4.79 Å². The van der Waals surface area contributed by atoms with E-state index in [1.807, 2.05) is 92.9 Å². The first-order valence-corrected chi connectivity index (χ1v) is 24.7. The second-order valence-corrected chi connectivity index (χ2v) is 18.2. The molecule has 0 N–H and O–H groups in total. The number of hydrogen-bond acceptors (Lipinski definition) is 3. The summed E-state index contributed by atoms with van der Waals surface area (Å²) >= 11 is 0. The molecule has 0 spiro atoms. The number of rotatable bonds is 20. The van der Waals surface area contributed by atoms with Crippen molar-refractivity contribution in [3.05, 3.63) is 319 Å². The third-order valence-corrected chi connectivity index (χ3v) is 13.0. The van der Waals surface area contributed by atoms with Crippen LogP contribution in [-0.4, -0.2) is 10.7 Å². The van der Waals surface area contributed by atoms with Crippen molar-refractivity contribution in [1.82, 2.24) is 4.90 Å². The van der Waals surface area contributed by atoms with E-state index in [0.29, 0.717) is 12.0 Å². The Morgan fingerprint density at radius 3 is 1.92 bits per heavy atom. The van der Waals surface area contributed by atoms with Gasteiger partial charge in [0.05, 0.1) is 5.70 Å². The fourth-order valence-electron chi connectivity index (χ4n) is 9.28. The van der Waals surface area contributed by atoms with Gasteiger partial charge in [0.2, 0.25) is 0 Å². The number of fused-ring (bicyclic) bond motifs is 1. The van der Waals surface area contributed by atoms with Gasteiger partial charge in [-0.15, -0.1) is 0 Å². The lowest BCUT2D eigenvalue weighted by Gasteiger charge is -2.29. The minimum absolute atomic E-state index is 0.0461. The summed E-state index contributed by atoms with van der Waals surface area (Å²) in [7, 11) is 0. The molecule has 0 unspecified atom stereocenters. The number of nitrogens with zero attached hydrogens (tertiary/aromatic N) is 2. The Kier molecular flexibility index (Phi) is 17.4. The summed E-state index contributed by atoms with van der Waals surface area (Å²) in [5.41, 5.74) is 16.9. The number of hydrogen-bond donors (Lipinski definition) is 0. The van der Waals surface area contributed by atoms with Crippen LogP contribution < -0.4 is 4.90 Å². The minimum Gasteiger partial charge on any atom is -0.318 e. The third-order valence-electron chi connectivity index (χ3n) is 13.0. The highest BCUT2D eigenvalue weighted by Crippen LogP contribution is 2.51. The molecule has 6 aromatic carbocycles. The SMILES string of the molecule is C=C/C=C(\C(=O)Cc1ccccc1)c1ccc(/C=C/C(C=CC)=C(C=C)N(C=CC)C(=C)C=C2C(=C)c3ccc(N(C(C=CCc4ccccc4)=CC)c4ccc(-c5ccccc5)cc4)cc3C2(C)C)cc1. The maximum Gasteiger partial charge on any atom is 0.167 e. The molecule has 0 amide bonds. The molecule has 0 saturated heterocycles.